The van der Waals surface area contributed by atoms with E-state index < -0.39 is 0 Å². The molecule has 2 aromatic rings. The molecule has 0 bridgehead atoms. The molecule has 1 aromatic carbocycles. The van der Waals surface area contributed by atoms with E-state index in [9.17, 15) is 0 Å². The lowest BCUT2D eigenvalue weighted by Gasteiger charge is -2.09. The van der Waals surface area contributed by atoms with Crippen molar-refractivity contribution in [1.82, 2.24) is 0 Å². The molecule has 0 spiro atoms. The summed E-state index contributed by atoms with van der Waals surface area (Å²) in [7, 11) is 1.68. The predicted octanol–water partition coefficient (Wildman–Crippen LogP) is 5.96. The molecule has 0 saturated heterocycles. The van der Waals surface area contributed by atoms with Crippen LogP contribution in [0.3, 0.4) is 0 Å². The van der Waals surface area contributed by atoms with Gasteiger partial charge in [0.05, 0.1) is 14.7 Å². The second-order valence-electron chi connectivity index (χ2n) is 3.80. The average Bonchev–Trinajstić information content (AvgIpc) is 2.69. The van der Waals surface area contributed by atoms with Crippen LogP contribution in [0.25, 0.3) is 0 Å². The fraction of sp³-hybridized carbons (Fsp3) is 0.231. The molecule has 1 aromatic heterocycles. The molecular formula is C13H11Br3OS. The number of rotatable bonds is 4. The molecule has 0 radical (unpaired) electrons. The number of hydrogen-bond donors (Lipinski definition) is 0. The summed E-state index contributed by atoms with van der Waals surface area (Å²) in [4.78, 5) is 0.308. The maximum Gasteiger partial charge on any atom is 0.118 e. The standard InChI is InChI=1S/C13H11Br3OS/c1-17-9-4-2-8(3-5-9)6-11(14)10-7-12(15)18-13(10)16/h2-5,7,11H,6H2,1H3. The largest absolute Gasteiger partial charge is 0.497 e. The van der Waals surface area contributed by atoms with E-state index in [1.165, 1.54) is 14.9 Å². The monoisotopic (exact) mass is 452 g/mol. The van der Waals surface area contributed by atoms with Crippen LogP contribution < -0.4 is 4.74 Å². The number of ether oxygens (including phenoxy) is 1. The zero-order valence-corrected chi connectivity index (χ0v) is 15.2. The lowest BCUT2D eigenvalue weighted by molar-refractivity contribution is 0.414. The van der Waals surface area contributed by atoms with Gasteiger partial charge in [-0.3, -0.25) is 0 Å². The van der Waals surface area contributed by atoms with Gasteiger partial charge in [0.25, 0.3) is 0 Å². The maximum atomic E-state index is 5.16. The Morgan fingerprint density at radius 1 is 1.22 bits per heavy atom. The molecule has 0 aliphatic heterocycles. The Hall–Kier alpha value is 0.160. The molecule has 0 N–H and O–H groups in total. The zero-order valence-electron chi connectivity index (χ0n) is 9.62. The van der Waals surface area contributed by atoms with E-state index in [0.717, 1.165) is 16.0 Å². The summed E-state index contributed by atoms with van der Waals surface area (Å²) in [5, 5.41) is 0. The van der Waals surface area contributed by atoms with Gasteiger partial charge >= 0.3 is 0 Å². The number of alkyl halides is 1. The van der Waals surface area contributed by atoms with E-state index in [-0.39, 0.29) is 0 Å². The highest BCUT2D eigenvalue weighted by atomic mass is 79.9. The Labute approximate surface area is 136 Å². The first kappa shape index (κ1) is 14.6. The molecule has 1 unspecified atom stereocenters. The van der Waals surface area contributed by atoms with Crippen molar-refractivity contribution in [2.45, 2.75) is 11.2 Å². The Kier molecular flexibility index (Phi) is 5.30. The molecule has 0 saturated carbocycles. The summed E-state index contributed by atoms with van der Waals surface area (Å²) in [5.74, 6) is 0.893. The minimum atomic E-state index is 0.308. The summed E-state index contributed by atoms with van der Waals surface area (Å²) in [6, 6.07) is 10.3. The van der Waals surface area contributed by atoms with Crippen molar-refractivity contribution in [3.8, 4) is 5.75 Å². The molecule has 18 heavy (non-hydrogen) atoms. The minimum absolute atomic E-state index is 0.308. The van der Waals surface area contributed by atoms with Crippen molar-refractivity contribution in [2.24, 2.45) is 0 Å². The van der Waals surface area contributed by atoms with Gasteiger partial charge in [-0.1, -0.05) is 28.1 Å². The zero-order chi connectivity index (χ0) is 13.1. The molecule has 96 valence electrons. The van der Waals surface area contributed by atoms with Crippen molar-refractivity contribution in [3.05, 3.63) is 49.0 Å². The summed E-state index contributed by atoms with van der Waals surface area (Å²) < 4.78 is 7.47. The maximum absolute atomic E-state index is 5.16. The van der Waals surface area contributed by atoms with Crippen molar-refractivity contribution in [2.75, 3.05) is 7.11 Å². The highest BCUT2D eigenvalue weighted by molar-refractivity contribution is 9.12. The Bertz CT molecular complexity index is 522. The number of methoxy groups -OCH3 is 1. The molecule has 0 fully saturated rings. The van der Waals surface area contributed by atoms with Gasteiger partial charge in [-0.15, -0.1) is 11.3 Å². The van der Waals surface area contributed by atoms with Gasteiger partial charge < -0.3 is 4.74 Å². The van der Waals surface area contributed by atoms with Crippen molar-refractivity contribution >= 4 is 59.1 Å². The van der Waals surface area contributed by atoms with Crippen molar-refractivity contribution in [3.63, 3.8) is 0 Å². The average molecular weight is 455 g/mol. The fourth-order valence-corrected chi connectivity index (χ4v) is 5.81. The first-order valence-electron chi connectivity index (χ1n) is 5.32. The Morgan fingerprint density at radius 2 is 1.89 bits per heavy atom. The lowest BCUT2D eigenvalue weighted by Crippen LogP contribution is -1.94. The van der Waals surface area contributed by atoms with Crippen LogP contribution in [0, 0.1) is 0 Å². The second-order valence-corrected chi connectivity index (χ2v) is 8.65. The van der Waals surface area contributed by atoms with Gasteiger partial charge in [0.15, 0.2) is 0 Å². The van der Waals surface area contributed by atoms with E-state index in [1.54, 1.807) is 18.4 Å². The van der Waals surface area contributed by atoms with Gasteiger partial charge in [-0.05, 0) is 67.6 Å². The van der Waals surface area contributed by atoms with Crippen LogP contribution in [-0.2, 0) is 6.42 Å². The first-order chi connectivity index (χ1) is 8.60. The van der Waals surface area contributed by atoms with Crippen molar-refractivity contribution in [1.29, 1.82) is 0 Å². The van der Waals surface area contributed by atoms with Crippen LogP contribution in [0.2, 0.25) is 0 Å². The van der Waals surface area contributed by atoms with Crippen LogP contribution in [0.1, 0.15) is 16.0 Å². The normalized spacial score (nSPS) is 12.4. The molecule has 1 heterocycles. The SMILES string of the molecule is COc1ccc(CC(Br)c2cc(Br)sc2Br)cc1. The third-order valence-corrected chi connectivity index (χ3v) is 5.80. The first-order valence-corrected chi connectivity index (χ1v) is 8.63. The highest BCUT2D eigenvalue weighted by Gasteiger charge is 2.15. The van der Waals surface area contributed by atoms with Gasteiger partial charge in [-0.25, -0.2) is 0 Å². The van der Waals surface area contributed by atoms with Gasteiger partial charge in [0.1, 0.15) is 5.75 Å². The molecule has 1 atom stereocenters. The van der Waals surface area contributed by atoms with E-state index in [1.807, 2.05) is 12.1 Å². The predicted molar refractivity (Wildman–Crippen MR) is 88.1 cm³/mol. The van der Waals surface area contributed by atoms with E-state index in [4.69, 9.17) is 4.74 Å². The van der Waals surface area contributed by atoms with Gasteiger partial charge in [-0.2, -0.15) is 0 Å². The molecular weight excluding hydrogens is 444 g/mol. The fourth-order valence-electron chi connectivity index (χ4n) is 1.65. The molecule has 2 rings (SSSR count). The Morgan fingerprint density at radius 3 is 2.39 bits per heavy atom. The van der Waals surface area contributed by atoms with Crippen LogP contribution >= 0.6 is 59.1 Å². The van der Waals surface area contributed by atoms with Crippen LogP contribution in [0.4, 0.5) is 0 Å². The summed E-state index contributed by atoms with van der Waals surface area (Å²) in [6.07, 6.45) is 0.950. The quantitative estimate of drug-likeness (QED) is 0.518. The molecule has 0 aliphatic rings. The lowest BCUT2D eigenvalue weighted by atomic mass is 10.1. The number of halogens is 3. The topological polar surface area (TPSA) is 9.23 Å². The number of hydrogen-bond acceptors (Lipinski definition) is 2. The Balaban J connectivity index is 2.10. The van der Waals surface area contributed by atoms with E-state index in [0.29, 0.717) is 4.83 Å². The molecule has 5 heteroatoms. The third-order valence-electron chi connectivity index (χ3n) is 2.59. The number of thiophene rings is 1. The molecule has 1 nitrogen and oxygen atoms in total. The van der Waals surface area contributed by atoms with E-state index >= 15 is 0 Å². The van der Waals surface area contributed by atoms with Crippen LogP contribution in [0.5, 0.6) is 5.75 Å². The smallest absolute Gasteiger partial charge is 0.118 e. The highest BCUT2D eigenvalue weighted by Crippen LogP contribution is 2.40. The summed E-state index contributed by atoms with van der Waals surface area (Å²) in [5.41, 5.74) is 2.56. The van der Waals surface area contributed by atoms with Gasteiger partial charge in [0.2, 0.25) is 0 Å². The van der Waals surface area contributed by atoms with Crippen LogP contribution in [0.15, 0.2) is 37.9 Å². The molecule has 0 amide bonds. The minimum Gasteiger partial charge on any atom is -0.497 e. The second kappa shape index (κ2) is 6.55. The summed E-state index contributed by atoms with van der Waals surface area (Å²) in [6.45, 7) is 0. The van der Waals surface area contributed by atoms with E-state index in [2.05, 4.69) is 66.0 Å². The third kappa shape index (κ3) is 3.59. The summed E-state index contributed by atoms with van der Waals surface area (Å²) >= 11 is 12.5. The van der Waals surface area contributed by atoms with Gasteiger partial charge in [0, 0.05) is 4.83 Å². The van der Waals surface area contributed by atoms with Crippen LogP contribution in [-0.4, -0.2) is 7.11 Å². The number of benzene rings is 1. The molecule has 0 aliphatic carbocycles. The van der Waals surface area contributed by atoms with Crippen molar-refractivity contribution < 1.29 is 4.74 Å².